The molecule has 0 spiro atoms. The van der Waals surface area contributed by atoms with Crippen LogP contribution in [-0.4, -0.2) is 34.3 Å². The van der Waals surface area contributed by atoms with Crippen molar-refractivity contribution in [3.05, 3.63) is 84.4 Å². The lowest BCUT2D eigenvalue weighted by Gasteiger charge is -2.34. The molecule has 0 aromatic heterocycles. The summed E-state index contributed by atoms with van der Waals surface area (Å²) in [5, 5.41) is 4.35. The molecule has 2 atom stereocenters. The van der Waals surface area contributed by atoms with Crippen molar-refractivity contribution < 1.29 is 9.09 Å². The molecule has 0 saturated heterocycles. The van der Waals surface area contributed by atoms with E-state index in [0.717, 1.165) is 53.6 Å². The second-order valence-corrected chi connectivity index (χ2v) is 12.2. The molecule has 3 aromatic rings. The second kappa shape index (κ2) is 11.3. The van der Waals surface area contributed by atoms with Crippen LogP contribution in [0.1, 0.15) is 43.5 Å². The molecular weight excluding hydrogens is 453 g/mol. The summed E-state index contributed by atoms with van der Waals surface area (Å²) in [4.78, 5) is 4.12. The fourth-order valence-corrected chi connectivity index (χ4v) is 7.28. The van der Waals surface area contributed by atoms with Crippen LogP contribution in [0.3, 0.4) is 0 Å². The van der Waals surface area contributed by atoms with E-state index in [4.69, 9.17) is 4.52 Å². The third kappa shape index (κ3) is 6.09. The number of nitrogens with one attached hydrogen (secondary N) is 1. The molecule has 0 aliphatic heterocycles. The van der Waals surface area contributed by atoms with Gasteiger partial charge in [0.15, 0.2) is 0 Å². The van der Waals surface area contributed by atoms with Gasteiger partial charge in [-0.3, -0.25) is 4.57 Å². The zero-order valence-electron chi connectivity index (χ0n) is 21.4. The fraction of sp³-hybridized carbons (Fsp3) is 0.379. The Morgan fingerprint density at radius 3 is 1.86 bits per heavy atom. The normalized spacial score (nSPS) is 16.8. The summed E-state index contributed by atoms with van der Waals surface area (Å²) in [6, 6.07) is 26.3. The molecule has 1 aliphatic carbocycles. The number of hydrogen-bond donors (Lipinski definition) is 1. The fourth-order valence-electron chi connectivity index (χ4n) is 4.63. The monoisotopic (exact) mass is 491 g/mol. The van der Waals surface area contributed by atoms with Gasteiger partial charge in [0.2, 0.25) is 0 Å². The summed E-state index contributed by atoms with van der Waals surface area (Å²) >= 11 is 0. The third-order valence-electron chi connectivity index (χ3n) is 6.73. The van der Waals surface area contributed by atoms with Crippen LogP contribution in [0.15, 0.2) is 78.9 Å². The summed E-state index contributed by atoms with van der Waals surface area (Å²) < 4.78 is 21.9. The van der Waals surface area contributed by atoms with Gasteiger partial charge in [-0.25, -0.2) is 0 Å². The first-order valence-corrected chi connectivity index (χ1v) is 14.2. The predicted octanol–water partition coefficient (Wildman–Crippen LogP) is 6.88. The molecule has 0 unspecified atom stereocenters. The van der Waals surface area contributed by atoms with Crippen LogP contribution in [0.2, 0.25) is 0 Å². The number of rotatable bonds is 9. The van der Waals surface area contributed by atoms with Crippen LogP contribution >= 0.6 is 7.37 Å². The first kappa shape index (κ1) is 25.3. The van der Waals surface area contributed by atoms with E-state index in [1.807, 2.05) is 82.8 Å². The summed E-state index contributed by atoms with van der Waals surface area (Å²) in [5.74, 6) is -0.506. The minimum absolute atomic E-state index is 0.00392. The Kier molecular flexibility index (Phi) is 8.20. The molecule has 0 heterocycles. The number of anilines is 3. The second-order valence-electron chi connectivity index (χ2n) is 9.77. The Morgan fingerprint density at radius 2 is 1.31 bits per heavy atom. The average molecular weight is 492 g/mol. The largest absolute Gasteiger partial charge is 0.378 e. The number of para-hydroxylation sites is 1. The van der Waals surface area contributed by atoms with Gasteiger partial charge in [0.25, 0.3) is 7.37 Å². The smallest absolute Gasteiger partial charge is 0.258 e. The molecule has 5 nitrogen and oxygen atoms in total. The zero-order valence-corrected chi connectivity index (χ0v) is 22.2. The van der Waals surface area contributed by atoms with Gasteiger partial charge < -0.3 is 19.6 Å². The van der Waals surface area contributed by atoms with Crippen molar-refractivity contribution in [2.45, 2.75) is 44.0 Å². The maximum Gasteiger partial charge on any atom is 0.258 e. The van der Waals surface area contributed by atoms with Gasteiger partial charge in [-0.1, -0.05) is 49.6 Å². The molecule has 3 aromatic carbocycles. The standard InChI is InChI=1S/C29H38N3O2P/c1-31(2)25-17-15-23(16-18-25)29(30-24-11-7-5-8-12-24)35(33,34-27-13-9-6-10-14-27)28-21-19-26(20-22-28)32(3)4/h5,7-8,11-12,15-22,27,29-30H,6,9-10,13-14H2,1-4H3/t29-,35-/m0/s1. The van der Waals surface area contributed by atoms with Crippen LogP contribution in [0.5, 0.6) is 0 Å². The minimum atomic E-state index is -3.37. The van der Waals surface area contributed by atoms with Crippen LogP contribution in [0.4, 0.5) is 17.1 Å². The van der Waals surface area contributed by atoms with E-state index in [1.54, 1.807) is 0 Å². The van der Waals surface area contributed by atoms with Gasteiger partial charge in [-0.15, -0.1) is 0 Å². The molecule has 35 heavy (non-hydrogen) atoms. The van der Waals surface area contributed by atoms with Gasteiger partial charge in [-0.2, -0.15) is 0 Å². The minimum Gasteiger partial charge on any atom is -0.378 e. The molecule has 186 valence electrons. The summed E-state index contributed by atoms with van der Waals surface area (Å²) in [6.45, 7) is 0. The lowest BCUT2D eigenvalue weighted by molar-refractivity contribution is 0.159. The molecular formula is C29H38N3O2P. The van der Waals surface area contributed by atoms with Crippen LogP contribution < -0.4 is 20.4 Å². The molecule has 1 N–H and O–H groups in total. The Hall–Kier alpha value is -2.75. The summed E-state index contributed by atoms with van der Waals surface area (Å²) in [5.41, 5.74) is 4.05. The van der Waals surface area contributed by atoms with Crippen LogP contribution in [-0.2, 0) is 9.09 Å². The van der Waals surface area contributed by atoms with E-state index in [0.29, 0.717) is 0 Å². The molecule has 0 bridgehead atoms. The van der Waals surface area contributed by atoms with Crippen molar-refractivity contribution in [3.8, 4) is 0 Å². The van der Waals surface area contributed by atoms with E-state index in [9.17, 15) is 0 Å². The van der Waals surface area contributed by atoms with Crippen LogP contribution in [0, 0.1) is 0 Å². The van der Waals surface area contributed by atoms with E-state index in [1.165, 1.54) is 6.42 Å². The Balaban J connectivity index is 1.80. The lowest BCUT2D eigenvalue weighted by atomic mass is 9.98. The van der Waals surface area contributed by atoms with E-state index >= 15 is 4.57 Å². The zero-order chi connectivity index (χ0) is 24.8. The number of hydrogen-bond acceptors (Lipinski definition) is 5. The molecule has 0 radical (unpaired) electrons. The van der Waals surface area contributed by atoms with Crippen molar-refractivity contribution in [2.24, 2.45) is 0 Å². The maximum atomic E-state index is 15.2. The van der Waals surface area contributed by atoms with Gasteiger partial charge >= 0.3 is 0 Å². The van der Waals surface area contributed by atoms with Crippen molar-refractivity contribution in [3.63, 3.8) is 0 Å². The van der Waals surface area contributed by atoms with Gasteiger partial charge in [0.1, 0.15) is 5.78 Å². The van der Waals surface area contributed by atoms with Crippen molar-refractivity contribution in [1.29, 1.82) is 0 Å². The molecule has 0 amide bonds. The van der Waals surface area contributed by atoms with Crippen molar-refractivity contribution >= 4 is 29.7 Å². The first-order chi connectivity index (χ1) is 16.9. The van der Waals surface area contributed by atoms with Crippen molar-refractivity contribution in [2.75, 3.05) is 43.3 Å². The number of benzene rings is 3. The summed E-state index contributed by atoms with van der Waals surface area (Å²) in [6.07, 6.45) is 5.38. The maximum absolute atomic E-state index is 15.2. The highest BCUT2D eigenvalue weighted by atomic mass is 31.2. The SMILES string of the molecule is CN(C)c1ccc([C@@H](Nc2ccccc2)[P@@](=O)(OC2CCCCC2)c2ccc(N(C)C)cc2)cc1. The highest BCUT2D eigenvalue weighted by molar-refractivity contribution is 7.67. The van der Waals surface area contributed by atoms with E-state index in [2.05, 4.69) is 39.4 Å². The lowest BCUT2D eigenvalue weighted by Crippen LogP contribution is -2.25. The molecule has 4 rings (SSSR count). The average Bonchev–Trinajstić information content (AvgIpc) is 2.88. The Morgan fingerprint density at radius 1 is 0.771 bits per heavy atom. The van der Waals surface area contributed by atoms with Gasteiger partial charge in [-0.05, 0) is 66.9 Å². The quantitative estimate of drug-likeness (QED) is 0.331. The number of nitrogens with zero attached hydrogens (tertiary/aromatic N) is 2. The van der Waals surface area contributed by atoms with Crippen molar-refractivity contribution in [1.82, 2.24) is 0 Å². The van der Waals surface area contributed by atoms with E-state index in [-0.39, 0.29) is 6.10 Å². The third-order valence-corrected chi connectivity index (χ3v) is 9.46. The molecule has 1 saturated carbocycles. The Bertz CT molecular complexity index is 1110. The Labute approximate surface area is 210 Å². The highest BCUT2D eigenvalue weighted by Gasteiger charge is 2.40. The predicted molar refractivity (Wildman–Crippen MR) is 150 cm³/mol. The molecule has 1 aliphatic rings. The topological polar surface area (TPSA) is 44.8 Å². The highest BCUT2D eigenvalue weighted by Crippen LogP contribution is 2.60. The van der Waals surface area contributed by atoms with E-state index < -0.39 is 13.2 Å². The molecule has 1 fully saturated rings. The van der Waals surface area contributed by atoms with Crippen LogP contribution in [0.25, 0.3) is 0 Å². The first-order valence-electron chi connectivity index (χ1n) is 12.5. The van der Waals surface area contributed by atoms with Gasteiger partial charge in [0, 0.05) is 50.6 Å². The molecule has 6 heteroatoms. The van der Waals surface area contributed by atoms with Gasteiger partial charge in [0.05, 0.1) is 6.10 Å². The summed E-state index contributed by atoms with van der Waals surface area (Å²) in [7, 11) is 4.71.